The van der Waals surface area contributed by atoms with Crippen LogP contribution in [0, 0.1) is 11.8 Å². The molecule has 0 aromatic carbocycles. The average molecular weight is 336 g/mol. The molecule has 1 aromatic heterocycles. The molecule has 1 saturated carbocycles. The van der Waals surface area contributed by atoms with Crippen LogP contribution in [0.25, 0.3) is 0 Å². The van der Waals surface area contributed by atoms with Crippen LogP contribution in [0.5, 0.6) is 0 Å². The maximum absolute atomic E-state index is 12.0. The molecule has 3 rings (SSSR count). The van der Waals surface area contributed by atoms with Gasteiger partial charge in [0.15, 0.2) is 6.61 Å². The fraction of sp³-hybridized carbons (Fsp3) is 0.562. The van der Waals surface area contributed by atoms with Gasteiger partial charge in [-0.05, 0) is 43.6 Å². The molecule has 0 radical (unpaired) electrons. The first-order valence-corrected chi connectivity index (χ1v) is 8.70. The van der Waals surface area contributed by atoms with Crippen LogP contribution in [0.15, 0.2) is 0 Å². The average Bonchev–Trinajstić information content (AvgIpc) is 3.11. The van der Waals surface area contributed by atoms with E-state index < -0.39 is 11.8 Å². The van der Waals surface area contributed by atoms with Crippen LogP contribution in [-0.4, -0.2) is 24.4 Å². The van der Waals surface area contributed by atoms with Gasteiger partial charge >= 0.3 is 5.97 Å². The number of anilines is 1. The van der Waals surface area contributed by atoms with E-state index in [9.17, 15) is 14.4 Å². The van der Waals surface area contributed by atoms with Crippen LogP contribution < -0.4 is 11.1 Å². The highest BCUT2D eigenvalue weighted by Crippen LogP contribution is 2.39. The standard InChI is InChI=1S/C16H20N2O4S/c1-8-6-10(8)16(21)22-7-12(19)18-15-13(14(17)20)9-4-2-3-5-11(9)23-15/h8,10H,2-7H2,1H3,(H2,17,20)(H,18,19). The fourth-order valence-electron chi connectivity index (χ4n) is 2.97. The number of ether oxygens (including phenoxy) is 1. The highest BCUT2D eigenvalue weighted by molar-refractivity contribution is 7.17. The molecule has 2 unspecified atom stereocenters. The normalized spacial score (nSPS) is 22.1. The first kappa shape index (κ1) is 16.0. The molecular weight excluding hydrogens is 316 g/mol. The van der Waals surface area contributed by atoms with Gasteiger partial charge in [-0.2, -0.15) is 0 Å². The SMILES string of the molecule is CC1CC1C(=O)OCC(=O)Nc1sc2c(c1C(N)=O)CCCC2. The van der Waals surface area contributed by atoms with Crippen LogP contribution >= 0.6 is 11.3 Å². The number of carbonyl (C=O) groups excluding carboxylic acids is 3. The van der Waals surface area contributed by atoms with E-state index in [1.54, 1.807) is 0 Å². The molecule has 6 nitrogen and oxygen atoms in total. The van der Waals surface area contributed by atoms with Gasteiger partial charge in [0.25, 0.3) is 11.8 Å². The van der Waals surface area contributed by atoms with Crippen molar-refractivity contribution in [1.29, 1.82) is 0 Å². The smallest absolute Gasteiger partial charge is 0.309 e. The lowest BCUT2D eigenvalue weighted by molar-refractivity contribution is -0.148. The second kappa shape index (κ2) is 6.31. The number of aryl methyl sites for hydroxylation is 1. The Morgan fingerprint density at radius 1 is 1.30 bits per heavy atom. The molecule has 0 spiro atoms. The second-order valence-corrected chi connectivity index (χ2v) is 7.36. The van der Waals surface area contributed by atoms with Gasteiger partial charge in [-0.1, -0.05) is 6.92 Å². The number of amides is 2. The summed E-state index contributed by atoms with van der Waals surface area (Å²) in [5.41, 5.74) is 6.86. The first-order chi connectivity index (χ1) is 11.0. The lowest BCUT2D eigenvalue weighted by Gasteiger charge is -2.11. The van der Waals surface area contributed by atoms with Crippen molar-refractivity contribution in [2.24, 2.45) is 17.6 Å². The van der Waals surface area contributed by atoms with Crippen LogP contribution in [0.3, 0.4) is 0 Å². The predicted octanol–water partition coefficient (Wildman–Crippen LogP) is 1.86. The van der Waals surface area contributed by atoms with Crippen molar-refractivity contribution < 1.29 is 19.1 Å². The number of carbonyl (C=O) groups is 3. The molecule has 0 saturated heterocycles. The number of nitrogens with one attached hydrogen (secondary N) is 1. The van der Waals surface area contributed by atoms with Crippen molar-refractivity contribution in [2.75, 3.05) is 11.9 Å². The van der Waals surface area contributed by atoms with Gasteiger partial charge in [0.05, 0.1) is 11.5 Å². The third-order valence-corrected chi connectivity index (χ3v) is 5.64. The summed E-state index contributed by atoms with van der Waals surface area (Å²) in [6, 6.07) is 0. The minimum atomic E-state index is -0.525. The molecule has 0 aliphatic heterocycles. The Kier molecular flexibility index (Phi) is 4.39. The lowest BCUT2D eigenvalue weighted by Crippen LogP contribution is -2.23. The van der Waals surface area contributed by atoms with E-state index in [0.29, 0.717) is 16.5 Å². The molecule has 2 aliphatic carbocycles. The number of esters is 1. The number of fused-ring (bicyclic) bond motifs is 1. The van der Waals surface area contributed by atoms with E-state index in [2.05, 4.69) is 5.32 Å². The summed E-state index contributed by atoms with van der Waals surface area (Å²) in [7, 11) is 0. The summed E-state index contributed by atoms with van der Waals surface area (Å²) in [4.78, 5) is 36.5. The number of hydrogen-bond acceptors (Lipinski definition) is 5. The van der Waals surface area contributed by atoms with Crippen molar-refractivity contribution in [3.8, 4) is 0 Å². The van der Waals surface area contributed by atoms with Crippen molar-refractivity contribution in [2.45, 2.75) is 39.0 Å². The topological polar surface area (TPSA) is 98.5 Å². The summed E-state index contributed by atoms with van der Waals surface area (Å²) in [6.45, 7) is 1.64. The second-order valence-electron chi connectivity index (χ2n) is 6.25. The van der Waals surface area contributed by atoms with Crippen molar-refractivity contribution in [1.82, 2.24) is 0 Å². The minimum absolute atomic E-state index is 0.0713. The summed E-state index contributed by atoms with van der Waals surface area (Å²) < 4.78 is 5.01. The largest absolute Gasteiger partial charge is 0.455 e. The van der Waals surface area contributed by atoms with E-state index in [4.69, 9.17) is 10.5 Å². The zero-order chi connectivity index (χ0) is 16.6. The van der Waals surface area contributed by atoms with Crippen molar-refractivity contribution in [3.05, 3.63) is 16.0 Å². The zero-order valence-electron chi connectivity index (χ0n) is 13.0. The van der Waals surface area contributed by atoms with Crippen LogP contribution in [0.2, 0.25) is 0 Å². The Balaban J connectivity index is 1.65. The molecule has 1 fully saturated rings. The number of thiophene rings is 1. The van der Waals surface area contributed by atoms with Gasteiger partial charge in [0.1, 0.15) is 5.00 Å². The summed E-state index contributed by atoms with van der Waals surface area (Å²) in [6.07, 6.45) is 4.65. The van der Waals surface area contributed by atoms with Gasteiger partial charge in [-0.15, -0.1) is 11.3 Å². The molecular formula is C16H20N2O4S. The maximum Gasteiger partial charge on any atom is 0.309 e. The Bertz CT molecular complexity index is 667. The van der Waals surface area contributed by atoms with Gasteiger partial charge in [0.2, 0.25) is 0 Å². The van der Waals surface area contributed by atoms with E-state index in [0.717, 1.165) is 42.5 Å². The lowest BCUT2D eigenvalue weighted by atomic mass is 9.95. The minimum Gasteiger partial charge on any atom is -0.455 e. The molecule has 0 bridgehead atoms. The molecule has 7 heteroatoms. The monoisotopic (exact) mass is 336 g/mol. The first-order valence-electron chi connectivity index (χ1n) is 7.88. The summed E-state index contributed by atoms with van der Waals surface area (Å²) in [5, 5.41) is 3.15. The van der Waals surface area contributed by atoms with Gasteiger partial charge < -0.3 is 15.8 Å². The van der Waals surface area contributed by atoms with Crippen LogP contribution in [0.4, 0.5) is 5.00 Å². The van der Waals surface area contributed by atoms with E-state index in [-0.39, 0.29) is 18.5 Å². The summed E-state index contributed by atoms with van der Waals surface area (Å²) >= 11 is 1.40. The number of rotatable bonds is 5. The quantitative estimate of drug-likeness (QED) is 0.802. The van der Waals surface area contributed by atoms with Gasteiger partial charge in [0, 0.05) is 4.88 Å². The van der Waals surface area contributed by atoms with Crippen LogP contribution in [0.1, 0.15) is 47.0 Å². The Labute approximate surface area is 138 Å². The molecule has 124 valence electrons. The third-order valence-electron chi connectivity index (χ3n) is 4.43. The third kappa shape index (κ3) is 3.39. The predicted molar refractivity (Wildman–Crippen MR) is 86.3 cm³/mol. The number of nitrogens with two attached hydrogens (primary N) is 1. The van der Waals surface area contributed by atoms with E-state index in [1.807, 2.05) is 6.92 Å². The molecule has 2 atom stereocenters. The molecule has 2 aliphatic rings. The highest BCUT2D eigenvalue weighted by Gasteiger charge is 2.40. The molecule has 2 amide bonds. The van der Waals surface area contributed by atoms with Crippen molar-refractivity contribution >= 4 is 34.1 Å². The van der Waals surface area contributed by atoms with Crippen molar-refractivity contribution in [3.63, 3.8) is 0 Å². The Hall–Kier alpha value is -1.89. The van der Waals surface area contributed by atoms with Crippen LogP contribution in [-0.2, 0) is 27.2 Å². The maximum atomic E-state index is 12.0. The van der Waals surface area contributed by atoms with Gasteiger partial charge in [-0.3, -0.25) is 14.4 Å². The van der Waals surface area contributed by atoms with Gasteiger partial charge in [-0.25, -0.2) is 0 Å². The zero-order valence-corrected chi connectivity index (χ0v) is 13.8. The molecule has 23 heavy (non-hydrogen) atoms. The molecule has 1 aromatic rings. The number of hydrogen-bond donors (Lipinski definition) is 2. The van der Waals surface area contributed by atoms with E-state index in [1.165, 1.54) is 11.3 Å². The fourth-order valence-corrected chi connectivity index (χ4v) is 4.28. The number of primary amides is 1. The van der Waals surface area contributed by atoms with E-state index >= 15 is 0 Å². The molecule has 3 N–H and O–H groups in total. The Morgan fingerprint density at radius 2 is 2.00 bits per heavy atom. The highest BCUT2D eigenvalue weighted by atomic mass is 32.1. The Morgan fingerprint density at radius 3 is 2.65 bits per heavy atom. The molecule has 1 heterocycles. The summed E-state index contributed by atoms with van der Waals surface area (Å²) in [5.74, 6) is -1.02.